The van der Waals surface area contributed by atoms with Gasteiger partial charge in [0.1, 0.15) is 11.4 Å². The van der Waals surface area contributed by atoms with Gasteiger partial charge < -0.3 is 15.4 Å². The molecule has 0 aliphatic rings. The predicted molar refractivity (Wildman–Crippen MR) is 107 cm³/mol. The van der Waals surface area contributed by atoms with Crippen LogP contribution in [-0.2, 0) is 0 Å². The Morgan fingerprint density at radius 3 is 2.46 bits per heavy atom. The zero-order chi connectivity index (χ0) is 20.1. The van der Waals surface area contributed by atoms with Gasteiger partial charge in [0.25, 0.3) is 5.91 Å². The Morgan fingerprint density at radius 2 is 1.71 bits per heavy atom. The lowest BCUT2D eigenvalue weighted by molar-refractivity contribution is 0.100. The molecule has 3 aromatic rings. The van der Waals surface area contributed by atoms with Crippen LogP contribution in [0.15, 0.2) is 54.6 Å². The van der Waals surface area contributed by atoms with Crippen molar-refractivity contribution in [2.24, 2.45) is 0 Å². The van der Waals surface area contributed by atoms with E-state index in [1.807, 2.05) is 18.2 Å². The molecule has 28 heavy (non-hydrogen) atoms. The van der Waals surface area contributed by atoms with Crippen LogP contribution < -0.4 is 15.4 Å². The van der Waals surface area contributed by atoms with Crippen molar-refractivity contribution in [3.63, 3.8) is 0 Å². The third-order valence-corrected chi connectivity index (χ3v) is 3.94. The van der Waals surface area contributed by atoms with E-state index in [9.17, 15) is 9.59 Å². The Bertz CT molecular complexity index is 1030. The summed E-state index contributed by atoms with van der Waals surface area (Å²) in [7, 11) is 1.59. The molecule has 7 nitrogen and oxygen atoms in total. The summed E-state index contributed by atoms with van der Waals surface area (Å²) in [6.45, 7) is 3.26. The Hall–Kier alpha value is -3.74. The lowest BCUT2D eigenvalue weighted by Gasteiger charge is -2.10. The smallest absolute Gasteiger partial charge is 0.274 e. The van der Waals surface area contributed by atoms with Gasteiger partial charge in [0.2, 0.25) is 5.95 Å². The molecule has 0 atom stereocenters. The summed E-state index contributed by atoms with van der Waals surface area (Å²) < 4.78 is 5.20. The summed E-state index contributed by atoms with van der Waals surface area (Å²) >= 11 is 0. The van der Waals surface area contributed by atoms with Gasteiger partial charge in [-0.05, 0) is 44.2 Å². The van der Waals surface area contributed by atoms with Crippen molar-refractivity contribution in [1.82, 2.24) is 9.97 Å². The third kappa shape index (κ3) is 4.70. The first-order chi connectivity index (χ1) is 13.4. The molecule has 0 aliphatic heterocycles. The molecule has 0 radical (unpaired) electrons. The molecule has 0 unspecified atom stereocenters. The number of nitrogens with zero attached hydrogens (tertiary/aromatic N) is 2. The van der Waals surface area contributed by atoms with Crippen LogP contribution in [0.4, 0.5) is 17.3 Å². The van der Waals surface area contributed by atoms with Crippen molar-refractivity contribution in [3.05, 3.63) is 71.5 Å². The summed E-state index contributed by atoms with van der Waals surface area (Å²) in [5.74, 6) is 0.538. The van der Waals surface area contributed by atoms with Crippen LogP contribution in [0.25, 0.3) is 0 Å². The summed E-state index contributed by atoms with van der Waals surface area (Å²) in [5, 5.41) is 5.84. The lowest BCUT2D eigenvalue weighted by Crippen LogP contribution is -2.15. The minimum atomic E-state index is -0.389. The molecule has 2 N–H and O–H groups in total. The van der Waals surface area contributed by atoms with E-state index in [1.54, 1.807) is 50.4 Å². The second kappa shape index (κ2) is 8.30. The van der Waals surface area contributed by atoms with E-state index in [2.05, 4.69) is 20.6 Å². The van der Waals surface area contributed by atoms with Crippen LogP contribution in [0.5, 0.6) is 5.75 Å². The van der Waals surface area contributed by atoms with E-state index in [0.717, 1.165) is 5.69 Å². The van der Waals surface area contributed by atoms with E-state index in [0.29, 0.717) is 28.6 Å². The molecule has 0 saturated heterocycles. The fraction of sp³-hybridized carbons (Fsp3) is 0.143. The van der Waals surface area contributed by atoms with Gasteiger partial charge in [-0.2, -0.15) is 0 Å². The number of aromatic nitrogens is 2. The minimum Gasteiger partial charge on any atom is -0.497 e. The number of Topliss-reactive ketones (excluding diaryl/α,β-unsaturated/α-hetero) is 1. The van der Waals surface area contributed by atoms with E-state index < -0.39 is 0 Å². The van der Waals surface area contributed by atoms with Crippen LogP contribution in [0.1, 0.15) is 33.5 Å². The number of amides is 1. The fourth-order valence-corrected chi connectivity index (χ4v) is 2.58. The first-order valence-corrected chi connectivity index (χ1v) is 8.64. The number of benzene rings is 2. The largest absolute Gasteiger partial charge is 0.497 e. The molecule has 142 valence electrons. The number of nitrogens with one attached hydrogen (secondary N) is 2. The van der Waals surface area contributed by atoms with Crippen LogP contribution in [0.2, 0.25) is 0 Å². The quantitative estimate of drug-likeness (QED) is 0.632. The maximum absolute atomic E-state index is 12.6. The number of ether oxygens (including phenoxy) is 1. The van der Waals surface area contributed by atoms with Gasteiger partial charge >= 0.3 is 0 Å². The predicted octanol–water partition coefficient (Wildman–Crippen LogP) is 3.99. The standard InChI is InChI=1S/C21H20N4O3/c1-13-10-19(20(27)23-16-7-4-6-15(11-16)14(2)26)25-21(22-13)24-17-8-5-9-18(12-17)28-3/h4-12H,1-3H3,(H,23,27)(H,22,24,25). The fourth-order valence-electron chi connectivity index (χ4n) is 2.58. The normalized spacial score (nSPS) is 10.2. The van der Waals surface area contributed by atoms with Crippen molar-refractivity contribution >= 4 is 29.0 Å². The zero-order valence-electron chi connectivity index (χ0n) is 15.8. The number of ketones is 1. The van der Waals surface area contributed by atoms with Crippen molar-refractivity contribution in [3.8, 4) is 5.75 Å². The molecule has 1 aromatic heterocycles. The number of rotatable bonds is 6. The van der Waals surface area contributed by atoms with Crippen LogP contribution in [0.3, 0.4) is 0 Å². The molecule has 0 fully saturated rings. The molecule has 7 heteroatoms. The van der Waals surface area contributed by atoms with Crippen LogP contribution in [0, 0.1) is 6.92 Å². The molecular weight excluding hydrogens is 356 g/mol. The maximum Gasteiger partial charge on any atom is 0.274 e. The van der Waals surface area contributed by atoms with Crippen molar-refractivity contribution in [2.45, 2.75) is 13.8 Å². The van der Waals surface area contributed by atoms with E-state index in [1.165, 1.54) is 6.92 Å². The summed E-state index contributed by atoms with van der Waals surface area (Å²) in [4.78, 5) is 32.7. The number of carbonyl (C=O) groups is 2. The summed E-state index contributed by atoms with van der Waals surface area (Å²) in [6, 6.07) is 15.7. The van der Waals surface area contributed by atoms with Gasteiger partial charge in [-0.15, -0.1) is 0 Å². The number of carbonyl (C=O) groups excluding carboxylic acids is 2. The maximum atomic E-state index is 12.6. The average molecular weight is 376 g/mol. The Kier molecular flexibility index (Phi) is 5.64. The highest BCUT2D eigenvalue weighted by atomic mass is 16.5. The summed E-state index contributed by atoms with van der Waals surface area (Å²) in [6.07, 6.45) is 0. The first-order valence-electron chi connectivity index (χ1n) is 8.64. The van der Waals surface area contributed by atoms with Gasteiger partial charge in [0.15, 0.2) is 5.78 Å². The first kappa shape index (κ1) is 19.0. The van der Waals surface area contributed by atoms with Gasteiger partial charge in [0, 0.05) is 28.7 Å². The van der Waals surface area contributed by atoms with Crippen LogP contribution in [-0.4, -0.2) is 28.8 Å². The van der Waals surface area contributed by atoms with Crippen molar-refractivity contribution in [1.29, 1.82) is 0 Å². The highest BCUT2D eigenvalue weighted by Crippen LogP contribution is 2.20. The molecule has 2 aromatic carbocycles. The van der Waals surface area contributed by atoms with E-state index in [-0.39, 0.29) is 17.4 Å². The zero-order valence-corrected chi connectivity index (χ0v) is 15.8. The molecule has 0 spiro atoms. The van der Waals surface area contributed by atoms with Crippen molar-refractivity contribution in [2.75, 3.05) is 17.7 Å². The number of hydrogen-bond donors (Lipinski definition) is 2. The molecule has 0 aliphatic carbocycles. The number of hydrogen-bond acceptors (Lipinski definition) is 6. The van der Waals surface area contributed by atoms with E-state index >= 15 is 0 Å². The highest BCUT2D eigenvalue weighted by molar-refractivity contribution is 6.04. The number of aryl methyl sites for hydroxylation is 1. The second-order valence-electron chi connectivity index (χ2n) is 6.17. The number of methoxy groups -OCH3 is 1. The number of anilines is 3. The molecular formula is C21H20N4O3. The topological polar surface area (TPSA) is 93.2 Å². The van der Waals surface area contributed by atoms with Gasteiger partial charge in [-0.1, -0.05) is 18.2 Å². The van der Waals surface area contributed by atoms with Gasteiger partial charge in [0.05, 0.1) is 7.11 Å². The molecule has 3 rings (SSSR count). The Labute approximate surface area is 162 Å². The molecule has 1 heterocycles. The summed E-state index contributed by atoms with van der Waals surface area (Å²) in [5.41, 5.74) is 2.65. The van der Waals surface area contributed by atoms with Gasteiger partial charge in [-0.3, -0.25) is 9.59 Å². The Balaban J connectivity index is 1.81. The van der Waals surface area contributed by atoms with Crippen LogP contribution >= 0.6 is 0 Å². The molecule has 0 bridgehead atoms. The molecule has 0 saturated carbocycles. The van der Waals surface area contributed by atoms with E-state index in [4.69, 9.17) is 4.74 Å². The lowest BCUT2D eigenvalue weighted by atomic mass is 10.1. The highest BCUT2D eigenvalue weighted by Gasteiger charge is 2.12. The Morgan fingerprint density at radius 1 is 0.964 bits per heavy atom. The monoisotopic (exact) mass is 376 g/mol. The SMILES string of the molecule is COc1cccc(Nc2nc(C)cc(C(=O)Nc3cccc(C(C)=O)c3)n2)c1. The minimum absolute atomic E-state index is 0.0706. The van der Waals surface area contributed by atoms with Gasteiger partial charge in [-0.25, -0.2) is 9.97 Å². The second-order valence-corrected chi connectivity index (χ2v) is 6.17. The third-order valence-electron chi connectivity index (χ3n) is 3.94. The average Bonchev–Trinajstić information content (AvgIpc) is 2.68. The van der Waals surface area contributed by atoms with Crippen molar-refractivity contribution < 1.29 is 14.3 Å². The molecule has 1 amide bonds.